The smallest absolute Gasteiger partial charge is 0.108 e. The second-order valence-corrected chi connectivity index (χ2v) is 23.0. The molecule has 0 spiro atoms. The third-order valence-electron chi connectivity index (χ3n) is 18.3. The summed E-state index contributed by atoms with van der Waals surface area (Å²) in [7, 11) is 0. The van der Waals surface area contributed by atoms with E-state index in [0.717, 1.165) is 58.2 Å². The number of benzene rings is 7. The normalized spacial score (nSPS) is 18.8. The largest absolute Gasteiger partial charge is 0.385 e. The summed E-state index contributed by atoms with van der Waals surface area (Å²) in [6, 6.07) is 54.6. The highest BCUT2D eigenvalue weighted by molar-refractivity contribution is 6.16. The maximum absolute atomic E-state index is 7.64. The van der Waals surface area contributed by atoms with E-state index in [1.54, 1.807) is 0 Å². The average Bonchev–Trinajstić information content (AvgIpc) is 4.18. The molecule has 3 heterocycles. The molecule has 5 aliphatic rings. The molecule has 0 fully saturated rings. The van der Waals surface area contributed by atoms with Gasteiger partial charge in [-0.15, -0.1) is 0 Å². The summed E-state index contributed by atoms with van der Waals surface area (Å²) < 4.78 is 7.27. The lowest BCUT2D eigenvalue weighted by molar-refractivity contribution is 0.610. The van der Waals surface area contributed by atoms with Crippen LogP contribution in [0, 0.1) is 0 Å². The van der Waals surface area contributed by atoms with E-state index in [4.69, 9.17) is 12.3 Å². The summed E-state index contributed by atoms with van der Waals surface area (Å²) in [5.74, 6) is 0.927. The van der Waals surface area contributed by atoms with Crippen molar-refractivity contribution in [1.82, 2.24) is 13.7 Å². The lowest BCUT2D eigenvalue weighted by Gasteiger charge is -2.29. The molecule has 2 N–H and O–H groups in total. The van der Waals surface area contributed by atoms with Gasteiger partial charge in [-0.05, 0) is 130 Å². The first kappa shape index (κ1) is 42.6. The second kappa shape index (κ2) is 14.5. The molecule has 3 aromatic heterocycles. The summed E-state index contributed by atoms with van der Waals surface area (Å²) in [6.45, 7) is 19.5. The maximum atomic E-state index is 7.64. The summed E-state index contributed by atoms with van der Waals surface area (Å²) in [5, 5.41) is 6.12. The molecule has 0 amide bonds. The van der Waals surface area contributed by atoms with Crippen LogP contribution in [0.15, 0.2) is 188 Å². The fraction of sp³-hybridized carbons (Fsp3) is 0.188. The Balaban J connectivity index is 1.00. The van der Waals surface area contributed by atoms with Gasteiger partial charge in [0.1, 0.15) is 5.82 Å². The Kier molecular flexibility index (Phi) is 8.48. The average molecular weight is 943 g/mol. The first-order valence-corrected chi connectivity index (χ1v) is 26.3. The summed E-state index contributed by atoms with van der Waals surface area (Å²) in [5.41, 5.74) is 32.8. The van der Waals surface area contributed by atoms with Crippen molar-refractivity contribution in [2.45, 2.75) is 83.0 Å². The Morgan fingerprint density at radius 1 is 0.548 bits per heavy atom. The fourth-order valence-corrected chi connectivity index (χ4v) is 14.8. The molecule has 4 nitrogen and oxygen atoms in total. The number of hydrogen-bond acceptors (Lipinski definition) is 1. The topological polar surface area (TPSA) is 40.8 Å². The molecule has 354 valence electrons. The molecule has 73 heavy (non-hydrogen) atoms. The van der Waals surface area contributed by atoms with Crippen molar-refractivity contribution in [3.8, 4) is 11.1 Å². The first-order valence-electron chi connectivity index (χ1n) is 26.3. The molecule has 0 saturated carbocycles. The minimum absolute atomic E-state index is 0.0707. The Bertz CT molecular complexity index is 4340. The molecule has 4 heteroatoms. The van der Waals surface area contributed by atoms with Crippen LogP contribution in [0.3, 0.4) is 0 Å². The Morgan fingerprint density at radius 2 is 1.14 bits per heavy atom. The number of aromatic nitrogens is 3. The van der Waals surface area contributed by atoms with Crippen LogP contribution in [0.25, 0.3) is 94.5 Å². The quantitative estimate of drug-likeness (QED) is 0.172. The maximum Gasteiger partial charge on any atom is 0.108 e. The van der Waals surface area contributed by atoms with Crippen LogP contribution in [0.2, 0.25) is 0 Å². The van der Waals surface area contributed by atoms with Gasteiger partial charge in [0.05, 0.1) is 39.0 Å². The lowest BCUT2D eigenvalue weighted by Crippen LogP contribution is -2.20. The van der Waals surface area contributed by atoms with E-state index in [-0.39, 0.29) is 22.2 Å². The monoisotopic (exact) mass is 942 g/mol. The molecule has 15 rings (SSSR count). The zero-order chi connectivity index (χ0) is 49.4. The van der Waals surface area contributed by atoms with Crippen LogP contribution >= 0.6 is 0 Å². The highest BCUT2D eigenvalue weighted by Gasteiger charge is 2.45. The van der Waals surface area contributed by atoms with E-state index in [2.05, 4.69) is 231 Å². The summed E-state index contributed by atoms with van der Waals surface area (Å²) in [6.07, 6.45) is 14.7. The minimum Gasteiger partial charge on any atom is -0.385 e. The molecular formula is C69H58N4. The third-order valence-corrected chi connectivity index (χ3v) is 18.3. The number of rotatable bonds is 5. The van der Waals surface area contributed by atoms with E-state index < -0.39 is 0 Å². The van der Waals surface area contributed by atoms with Crippen molar-refractivity contribution in [2.24, 2.45) is 5.73 Å². The highest BCUT2D eigenvalue weighted by Crippen LogP contribution is 2.57. The van der Waals surface area contributed by atoms with Gasteiger partial charge in [-0.3, -0.25) is 4.57 Å². The summed E-state index contributed by atoms with van der Waals surface area (Å²) in [4.78, 5) is 0. The van der Waals surface area contributed by atoms with Gasteiger partial charge in [-0.1, -0.05) is 175 Å². The van der Waals surface area contributed by atoms with E-state index in [1.165, 1.54) is 99.4 Å². The van der Waals surface area contributed by atoms with Gasteiger partial charge in [-0.25, -0.2) is 0 Å². The predicted molar refractivity (Wildman–Crippen MR) is 309 cm³/mol. The number of fused-ring (bicyclic) bond motifs is 17. The number of allylic oxidation sites excluding steroid dienone is 9. The molecule has 0 bridgehead atoms. The van der Waals surface area contributed by atoms with E-state index in [9.17, 15) is 0 Å². The molecule has 1 atom stereocenters. The Hall–Kier alpha value is -8.08. The van der Waals surface area contributed by atoms with Gasteiger partial charge in [-0.2, -0.15) is 0 Å². The van der Waals surface area contributed by atoms with Crippen LogP contribution in [-0.4, -0.2) is 13.7 Å². The molecule has 1 unspecified atom stereocenters. The standard InChI is InChI=1S/C69H58N4/c1-40(71-60-29-17-11-23-44(60)50-34-56-47(37-63(50)71)41-20-8-14-26-53(41)67(56,2)3)59(72-61-30-18-12-24-45(61)51-35-57-48(38-64(51)72)42-21-9-15-27-54(42)68(57,4)5)32-33-66(70)73-62-31-19-13-25-46(62)52-36-58-49(39-65(52)73)43-22-10-16-28-55(43)69(58,6)7/h8-9,11-21,23-36,38-39,47H,1,10,22,37,70H2,2-7H3/b59-32+,66-33+. The van der Waals surface area contributed by atoms with Crippen molar-refractivity contribution >= 4 is 83.4 Å². The van der Waals surface area contributed by atoms with Crippen LogP contribution in [-0.2, 0) is 22.7 Å². The lowest BCUT2D eigenvalue weighted by atomic mass is 9.76. The van der Waals surface area contributed by atoms with Crippen LogP contribution < -0.4 is 5.73 Å². The zero-order valence-electron chi connectivity index (χ0n) is 42.6. The Morgan fingerprint density at radius 3 is 1.88 bits per heavy atom. The minimum atomic E-state index is -0.143. The second-order valence-electron chi connectivity index (χ2n) is 23.0. The predicted octanol–water partition coefficient (Wildman–Crippen LogP) is 17.0. The van der Waals surface area contributed by atoms with Crippen molar-refractivity contribution in [1.29, 1.82) is 0 Å². The molecule has 5 aliphatic carbocycles. The highest BCUT2D eigenvalue weighted by atomic mass is 15.1. The number of nitrogens with two attached hydrogens (primary N) is 1. The van der Waals surface area contributed by atoms with E-state index >= 15 is 0 Å². The van der Waals surface area contributed by atoms with Gasteiger partial charge in [0, 0.05) is 60.4 Å². The molecule has 0 aliphatic heterocycles. The van der Waals surface area contributed by atoms with Crippen LogP contribution in [0.1, 0.15) is 105 Å². The SMILES string of the molecule is C=C(/C(=C\C=C(/N)n1c2ccccc2c2cc3c(cc21)C1=C(C=CCC1)C3(C)C)n1c2ccccc2c2cc3c(cc21)-c1ccccc1C3(C)C)n1c2c(c3ccccc31)C=C1C(C2)c2ccccc2C1(C)C. The van der Waals surface area contributed by atoms with Crippen molar-refractivity contribution in [2.75, 3.05) is 0 Å². The van der Waals surface area contributed by atoms with E-state index in [1.807, 2.05) is 0 Å². The van der Waals surface area contributed by atoms with Crippen molar-refractivity contribution in [3.63, 3.8) is 0 Å². The molecule has 0 saturated heterocycles. The van der Waals surface area contributed by atoms with Gasteiger partial charge >= 0.3 is 0 Å². The van der Waals surface area contributed by atoms with Crippen molar-refractivity contribution < 1.29 is 0 Å². The number of hydrogen-bond donors (Lipinski definition) is 1. The zero-order valence-corrected chi connectivity index (χ0v) is 42.6. The number of para-hydroxylation sites is 3. The van der Waals surface area contributed by atoms with Gasteiger partial charge in [0.2, 0.25) is 0 Å². The summed E-state index contributed by atoms with van der Waals surface area (Å²) >= 11 is 0. The van der Waals surface area contributed by atoms with Gasteiger partial charge in [0.15, 0.2) is 0 Å². The van der Waals surface area contributed by atoms with Crippen molar-refractivity contribution in [3.05, 3.63) is 232 Å². The third kappa shape index (κ3) is 5.51. The Labute approximate surface area is 427 Å². The van der Waals surface area contributed by atoms with Crippen LogP contribution in [0.5, 0.6) is 0 Å². The molecule has 0 radical (unpaired) electrons. The molecule has 10 aromatic rings. The van der Waals surface area contributed by atoms with Gasteiger partial charge in [0.25, 0.3) is 0 Å². The number of nitrogens with zero attached hydrogens (tertiary/aromatic N) is 3. The van der Waals surface area contributed by atoms with Gasteiger partial charge < -0.3 is 14.9 Å². The fourth-order valence-electron chi connectivity index (χ4n) is 14.8. The molecule has 7 aromatic carbocycles. The molecular weight excluding hydrogens is 885 g/mol. The van der Waals surface area contributed by atoms with Crippen LogP contribution in [0.4, 0.5) is 0 Å². The first-order chi connectivity index (χ1) is 35.3. The van der Waals surface area contributed by atoms with E-state index in [0.29, 0.717) is 5.82 Å².